The van der Waals surface area contributed by atoms with E-state index in [0.29, 0.717) is 0 Å². The summed E-state index contributed by atoms with van der Waals surface area (Å²) in [6.45, 7) is 0. The van der Waals surface area contributed by atoms with E-state index < -0.39 is 12.1 Å². The fourth-order valence-electron chi connectivity index (χ4n) is 0.174. The lowest BCUT2D eigenvalue weighted by molar-refractivity contribution is 0.179. The average molecular weight is 133 g/mol. The molecule has 0 aliphatic carbocycles. The molecule has 0 bridgehead atoms. The molecule has 9 heavy (non-hydrogen) atoms. The fraction of sp³-hybridized carbons (Fsp3) is 0. The number of nitrogens with one attached hydrogen (secondary N) is 1. The minimum absolute atomic E-state index is 0.280. The molecular weight excluding hydrogens is 126 g/mol. The minimum Gasteiger partial charge on any atom is -0.350 e. The maximum Gasteiger partial charge on any atom is 0.348 e. The molecule has 0 unspecified atom stereocenters. The van der Waals surface area contributed by atoms with Crippen LogP contribution in [-0.4, -0.2) is 17.2 Å². The number of rotatable bonds is 0. The molecule has 7 N–H and O–H groups in total. The molecule has 52 valence electrons. The van der Waals surface area contributed by atoms with Crippen LogP contribution in [0.4, 0.5) is 9.59 Å². The quantitative estimate of drug-likeness (QED) is 0.170. The van der Waals surface area contributed by atoms with Gasteiger partial charge in [0, 0.05) is 0 Å². The van der Waals surface area contributed by atoms with Crippen molar-refractivity contribution in [3.05, 3.63) is 0 Å². The van der Waals surface area contributed by atoms with E-state index in [1.54, 1.807) is 5.43 Å². The van der Waals surface area contributed by atoms with Gasteiger partial charge in [0.05, 0.1) is 0 Å². The van der Waals surface area contributed by atoms with E-state index >= 15 is 0 Å². The van der Waals surface area contributed by atoms with Crippen molar-refractivity contribution in [1.82, 2.24) is 10.5 Å². The monoisotopic (exact) mass is 133 g/mol. The Balaban J connectivity index is 3.63. The maximum atomic E-state index is 9.99. The van der Waals surface area contributed by atoms with Crippen molar-refractivity contribution in [2.75, 3.05) is 0 Å². The SMILES string of the molecule is NC(=O)NN(N)C(N)=O. The summed E-state index contributed by atoms with van der Waals surface area (Å²) in [4.78, 5) is 19.9. The smallest absolute Gasteiger partial charge is 0.348 e. The first-order chi connectivity index (χ1) is 4.04. The largest absolute Gasteiger partial charge is 0.350 e. The predicted octanol–water partition coefficient (Wildman–Crippen LogP) is -2.18. The van der Waals surface area contributed by atoms with Crippen LogP contribution < -0.4 is 22.7 Å². The van der Waals surface area contributed by atoms with Gasteiger partial charge in [-0.05, 0) is 0 Å². The zero-order valence-electron chi connectivity index (χ0n) is 4.50. The highest BCUT2D eigenvalue weighted by atomic mass is 16.2. The van der Waals surface area contributed by atoms with Gasteiger partial charge in [-0.1, -0.05) is 0 Å². The first-order valence-electron chi connectivity index (χ1n) is 1.94. The zero-order valence-corrected chi connectivity index (χ0v) is 4.50. The summed E-state index contributed by atoms with van der Waals surface area (Å²) in [7, 11) is 0. The van der Waals surface area contributed by atoms with Crippen molar-refractivity contribution >= 4 is 12.1 Å². The molecule has 0 aromatic heterocycles. The summed E-state index contributed by atoms with van der Waals surface area (Å²) in [5, 5.41) is 0.280. The number of hydrogen-bond acceptors (Lipinski definition) is 3. The Morgan fingerprint density at radius 2 is 1.78 bits per heavy atom. The van der Waals surface area contributed by atoms with Crippen molar-refractivity contribution in [3.8, 4) is 0 Å². The number of nitrogens with zero attached hydrogens (tertiary/aromatic N) is 1. The van der Waals surface area contributed by atoms with Crippen molar-refractivity contribution in [1.29, 1.82) is 0 Å². The Bertz CT molecular complexity index is 133. The molecule has 0 aromatic rings. The van der Waals surface area contributed by atoms with Crippen LogP contribution in [0.15, 0.2) is 0 Å². The number of amides is 4. The van der Waals surface area contributed by atoms with Gasteiger partial charge in [-0.3, -0.25) is 0 Å². The van der Waals surface area contributed by atoms with E-state index in [1.165, 1.54) is 0 Å². The Labute approximate surface area is 50.7 Å². The molecule has 0 rings (SSSR count). The normalized spacial score (nSPS) is 8.11. The van der Waals surface area contributed by atoms with Crippen molar-refractivity contribution in [2.24, 2.45) is 17.3 Å². The second-order valence-electron chi connectivity index (χ2n) is 1.18. The lowest BCUT2D eigenvalue weighted by Gasteiger charge is -2.11. The summed E-state index contributed by atoms with van der Waals surface area (Å²) in [5.74, 6) is 4.76. The summed E-state index contributed by atoms with van der Waals surface area (Å²) < 4.78 is 0. The van der Waals surface area contributed by atoms with Gasteiger partial charge in [-0.2, -0.15) is 5.12 Å². The number of carbonyl (C=O) groups excluding carboxylic acids is 2. The molecule has 0 heterocycles. The first kappa shape index (κ1) is 7.50. The van der Waals surface area contributed by atoms with Gasteiger partial charge in [0.1, 0.15) is 0 Å². The lowest BCUT2D eigenvalue weighted by atomic mass is 11.0. The van der Waals surface area contributed by atoms with E-state index in [1.807, 2.05) is 0 Å². The number of urea groups is 2. The van der Waals surface area contributed by atoms with Crippen LogP contribution in [0.2, 0.25) is 0 Å². The molecular formula is C2H7N5O2. The van der Waals surface area contributed by atoms with Crippen molar-refractivity contribution < 1.29 is 9.59 Å². The van der Waals surface area contributed by atoms with Gasteiger partial charge in [0.15, 0.2) is 0 Å². The van der Waals surface area contributed by atoms with Crippen LogP contribution in [0, 0.1) is 0 Å². The van der Waals surface area contributed by atoms with Crippen LogP contribution in [0.1, 0.15) is 0 Å². The summed E-state index contributed by atoms with van der Waals surface area (Å²) >= 11 is 0. The average Bonchev–Trinajstić information content (AvgIpc) is 1.63. The summed E-state index contributed by atoms with van der Waals surface area (Å²) in [6.07, 6.45) is 0. The van der Waals surface area contributed by atoms with Gasteiger partial charge in [-0.25, -0.2) is 20.9 Å². The minimum atomic E-state index is -0.992. The van der Waals surface area contributed by atoms with E-state index in [4.69, 9.17) is 5.84 Å². The standard InChI is InChI=1S/C2H7N5O2/c3-1(8)6-7(5)2(4)9/h5H2,(H2,4,9)(H3,3,6,8). The fourth-order valence-corrected chi connectivity index (χ4v) is 0.174. The van der Waals surface area contributed by atoms with Gasteiger partial charge in [0.25, 0.3) is 0 Å². The number of primary amides is 2. The van der Waals surface area contributed by atoms with Crippen LogP contribution >= 0.6 is 0 Å². The molecule has 0 fully saturated rings. The van der Waals surface area contributed by atoms with Crippen LogP contribution in [0.5, 0.6) is 0 Å². The highest BCUT2D eigenvalue weighted by Gasteiger charge is 2.03. The Morgan fingerprint density at radius 3 is 1.89 bits per heavy atom. The molecule has 0 aromatic carbocycles. The zero-order chi connectivity index (χ0) is 7.44. The highest BCUT2D eigenvalue weighted by molar-refractivity contribution is 5.77. The van der Waals surface area contributed by atoms with E-state index in [9.17, 15) is 9.59 Å². The number of hydrazine groups is 2. The van der Waals surface area contributed by atoms with Crippen LogP contribution in [-0.2, 0) is 0 Å². The van der Waals surface area contributed by atoms with Gasteiger partial charge >= 0.3 is 12.1 Å². The maximum absolute atomic E-state index is 9.99. The lowest BCUT2D eigenvalue weighted by Crippen LogP contribution is -2.54. The first-order valence-corrected chi connectivity index (χ1v) is 1.94. The molecule has 4 amide bonds. The number of nitrogens with two attached hydrogens (primary N) is 3. The predicted molar refractivity (Wildman–Crippen MR) is 28.3 cm³/mol. The third-order valence-electron chi connectivity index (χ3n) is 0.468. The molecule has 0 saturated heterocycles. The van der Waals surface area contributed by atoms with E-state index in [2.05, 4.69) is 11.5 Å². The Morgan fingerprint density at radius 1 is 1.33 bits per heavy atom. The van der Waals surface area contributed by atoms with Crippen molar-refractivity contribution in [2.45, 2.75) is 0 Å². The third-order valence-corrected chi connectivity index (χ3v) is 0.468. The number of hydrogen-bond donors (Lipinski definition) is 4. The number of carbonyl (C=O) groups is 2. The van der Waals surface area contributed by atoms with Crippen molar-refractivity contribution in [3.63, 3.8) is 0 Å². The second-order valence-corrected chi connectivity index (χ2v) is 1.18. The molecule has 7 heteroatoms. The molecule has 0 aliphatic heterocycles. The molecule has 7 nitrogen and oxygen atoms in total. The Hall–Kier alpha value is -1.50. The molecule has 0 saturated carbocycles. The second kappa shape index (κ2) is 2.72. The van der Waals surface area contributed by atoms with Gasteiger partial charge < -0.3 is 11.5 Å². The van der Waals surface area contributed by atoms with Gasteiger partial charge in [-0.15, -0.1) is 0 Å². The van der Waals surface area contributed by atoms with E-state index in [0.717, 1.165) is 0 Å². The third kappa shape index (κ3) is 3.12. The molecule has 0 spiro atoms. The van der Waals surface area contributed by atoms with E-state index in [-0.39, 0.29) is 5.12 Å². The molecule has 0 radical (unpaired) electrons. The molecule has 0 aliphatic rings. The Kier molecular flexibility index (Phi) is 2.27. The topological polar surface area (TPSA) is 127 Å². The van der Waals surface area contributed by atoms with Gasteiger partial charge in [0.2, 0.25) is 0 Å². The van der Waals surface area contributed by atoms with Crippen LogP contribution in [0.3, 0.4) is 0 Å². The molecule has 0 atom stereocenters. The van der Waals surface area contributed by atoms with Crippen LogP contribution in [0.25, 0.3) is 0 Å². The summed E-state index contributed by atoms with van der Waals surface area (Å²) in [6, 6.07) is -1.94. The summed E-state index contributed by atoms with van der Waals surface area (Å²) in [5.41, 5.74) is 10.8. The highest BCUT2D eigenvalue weighted by Crippen LogP contribution is 1.65.